The third kappa shape index (κ3) is 2.67. The molecule has 1 aliphatic heterocycles. The number of hydrogen-bond donors (Lipinski definition) is 2. The highest BCUT2D eigenvalue weighted by molar-refractivity contribution is 5.95. The van der Waals surface area contributed by atoms with Gasteiger partial charge in [-0.25, -0.2) is 9.97 Å². The summed E-state index contributed by atoms with van der Waals surface area (Å²) in [4.78, 5) is 24.9. The number of carbonyl (C=O) groups is 1. The van der Waals surface area contributed by atoms with Crippen molar-refractivity contribution in [3.63, 3.8) is 0 Å². The van der Waals surface area contributed by atoms with Crippen molar-refractivity contribution >= 4 is 11.9 Å². The van der Waals surface area contributed by atoms with Crippen molar-refractivity contribution in [2.75, 3.05) is 18.0 Å². The average molecular weight is 383 g/mol. The Labute approximate surface area is 166 Å². The molecule has 4 bridgehead atoms. The first-order valence-electron chi connectivity index (χ1n) is 11.2. The molecule has 0 radical (unpaired) electrons. The van der Waals surface area contributed by atoms with E-state index in [0.717, 1.165) is 69.7 Å². The second-order valence-electron chi connectivity index (χ2n) is 10.1. The van der Waals surface area contributed by atoms with Gasteiger partial charge in [0.25, 0.3) is 5.91 Å². The van der Waals surface area contributed by atoms with E-state index in [1.54, 1.807) is 6.20 Å². The van der Waals surface area contributed by atoms with Crippen LogP contribution in [-0.4, -0.2) is 45.7 Å². The third-order valence-electron chi connectivity index (χ3n) is 8.22. The summed E-state index contributed by atoms with van der Waals surface area (Å²) in [5.41, 5.74) is 1.18. The molecule has 2 N–H and O–H groups in total. The molecule has 5 saturated carbocycles. The summed E-state index contributed by atoms with van der Waals surface area (Å²) >= 11 is 0. The lowest BCUT2D eigenvalue weighted by molar-refractivity contribution is -0.136. The Kier molecular flexibility index (Phi) is 3.78. The van der Waals surface area contributed by atoms with Gasteiger partial charge in [-0.05, 0) is 69.1 Å². The monoisotopic (exact) mass is 382 g/mol. The van der Waals surface area contributed by atoms with Gasteiger partial charge in [-0.1, -0.05) is 6.42 Å². The average Bonchev–Trinajstić information content (AvgIpc) is 2.53. The third-order valence-corrected chi connectivity index (χ3v) is 8.22. The largest absolute Gasteiger partial charge is 0.390 e. The van der Waals surface area contributed by atoms with E-state index in [1.165, 1.54) is 12.8 Å². The first kappa shape index (κ1) is 17.2. The summed E-state index contributed by atoms with van der Waals surface area (Å²) in [6.07, 6.45) is 11.4. The Morgan fingerprint density at radius 2 is 1.89 bits per heavy atom. The Morgan fingerprint density at radius 3 is 2.46 bits per heavy atom. The minimum Gasteiger partial charge on any atom is -0.390 e. The second-order valence-corrected chi connectivity index (χ2v) is 10.1. The Bertz CT molecular complexity index is 788. The summed E-state index contributed by atoms with van der Waals surface area (Å²) in [6.45, 7) is 2.04. The fourth-order valence-electron chi connectivity index (χ4n) is 6.67. The molecular formula is C22H30N4O2. The number of anilines is 1. The number of aromatic nitrogens is 2. The highest BCUT2D eigenvalue weighted by Crippen LogP contribution is 2.55. The summed E-state index contributed by atoms with van der Waals surface area (Å²) in [6, 6.07) is 0.202. The first-order valence-corrected chi connectivity index (χ1v) is 11.2. The zero-order valence-corrected chi connectivity index (χ0v) is 16.4. The van der Waals surface area contributed by atoms with Crippen LogP contribution in [0.3, 0.4) is 0 Å². The molecule has 6 fully saturated rings. The van der Waals surface area contributed by atoms with Crippen molar-refractivity contribution < 1.29 is 9.90 Å². The quantitative estimate of drug-likeness (QED) is 0.837. The van der Waals surface area contributed by atoms with E-state index in [2.05, 4.69) is 15.2 Å². The molecule has 6 nitrogen and oxygen atoms in total. The van der Waals surface area contributed by atoms with Gasteiger partial charge in [-0.15, -0.1) is 0 Å². The number of rotatable bonds is 4. The van der Waals surface area contributed by atoms with E-state index in [0.29, 0.717) is 29.2 Å². The highest BCUT2D eigenvalue weighted by Gasteiger charge is 2.55. The fraction of sp³-hybridized carbons (Fsp3) is 0.773. The van der Waals surface area contributed by atoms with Crippen LogP contribution in [-0.2, 0) is 0 Å². The van der Waals surface area contributed by atoms with Crippen LogP contribution < -0.4 is 10.2 Å². The fourth-order valence-corrected chi connectivity index (χ4v) is 6.67. The maximum absolute atomic E-state index is 13.3. The minimum atomic E-state index is -0.462. The molecule has 0 spiro atoms. The first-order chi connectivity index (χ1) is 13.6. The SMILES string of the molecule is O=C(NC1C2CC3CC1CC(O)(C3)C2)c1cnc(N2CCC2)nc1C1CCC1. The van der Waals surface area contributed by atoms with Crippen LogP contribution in [0.5, 0.6) is 0 Å². The number of aliphatic hydroxyl groups is 1. The maximum atomic E-state index is 13.3. The van der Waals surface area contributed by atoms with Crippen molar-refractivity contribution in [3.8, 4) is 0 Å². The van der Waals surface area contributed by atoms with E-state index in [4.69, 9.17) is 4.98 Å². The van der Waals surface area contributed by atoms with Gasteiger partial charge in [0.05, 0.1) is 16.9 Å². The summed E-state index contributed by atoms with van der Waals surface area (Å²) in [7, 11) is 0. The van der Waals surface area contributed by atoms with E-state index in [9.17, 15) is 9.90 Å². The molecule has 1 saturated heterocycles. The zero-order chi connectivity index (χ0) is 18.9. The van der Waals surface area contributed by atoms with Gasteiger partial charge in [0.1, 0.15) is 0 Å². The van der Waals surface area contributed by atoms with Crippen molar-refractivity contribution in [2.45, 2.75) is 75.3 Å². The molecule has 0 aromatic carbocycles. The lowest BCUT2D eigenvalue weighted by Gasteiger charge is -2.58. The normalized spacial score (nSPS) is 38.8. The molecule has 2 atom stereocenters. The zero-order valence-electron chi connectivity index (χ0n) is 16.4. The predicted molar refractivity (Wildman–Crippen MR) is 105 cm³/mol. The van der Waals surface area contributed by atoms with Crippen LogP contribution in [0, 0.1) is 17.8 Å². The summed E-state index contributed by atoms with van der Waals surface area (Å²) in [5, 5.41) is 14.2. The lowest BCUT2D eigenvalue weighted by Crippen LogP contribution is -2.61. The number of hydrogen-bond acceptors (Lipinski definition) is 5. The molecule has 2 unspecified atom stereocenters. The highest BCUT2D eigenvalue weighted by atomic mass is 16.3. The van der Waals surface area contributed by atoms with Gasteiger partial charge >= 0.3 is 0 Å². The van der Waals surface area contributed by atoms with Crippen LogP contribution >= 0.6 is 0 Å². The molecule has 1 aromatic heterocycles. The van der Waals surface area contributed by atoms with Gasteiger partial charge in [0, 0.05) is 31.2 Å². The van der Waals surface area contributed by atoms with E-state index < -0.39 is 5.60 Å². The molecule has 1 aromatic rings. The van der Waals surface area contributed by atoms with Gasteiger partial charge in [0.15, 0.2) is 0 Å². The summed E-state index contributed by atoms with van der Waals surface area (Å²) < 4.78 is 0. The van der Waals surface area contributed by atoms with Crippen LogP contribution in [0.25, 0.3) is 0 Å². The van der Waals surface area contributed by atoms with Gasteiger partial charge in [-0.3, -0.25) is 4.79 Å². The molecule has 5 aliphatic carbocycles. The molecule has 1 amide bonds. The molecule has 150 valence electrons. The predicted octanol–water partition coefficient (Wildman–Crippen LogP) is 2.62. The Balaban J connectivity index is 1.25. The van der Waals surface area contributed by atoms with Crippen LogP contribution in [0.15, 0.2) is 6.20 Å². The van der Waals surface area contributed by atoms with E-state index >= 15 is 0 Å². The van der Waals surface area contributed by atoms with E-state index in [1.807, 2.05) is 0 Å². The van der Waals surface area contributed by atoms with Crippen LogP contribution in [0.4, 0.5) is 5.95 Å². The maximum Gasteiger partial charge on any atom is 0.254 e. The molecule has 6 heteroatoms. The van der Waals surface area contributed by atoms with Crippen molar-refractivity contribution in [2.24, 2.45) is 17.8 Å². The smallest absolute Gasteiger partial charge is 0.254 e. The number of nitrogens with zero attached hydrogens (tertiary/aromatic N) is 3. The molecule has 7 rings (SSSR count). The standard InChI is InChI=1S/C22H30N4O2/c27-20(24-18-15-7-13-8-16(18)11-22(28,9-13)10-15)17-12-23-21(26-5-2-6-26)25-19(17)14-3-1-4-14/h12-16,18,28H,1-11H2,(H,24,27). The lowest BCUT2D eigenvalue weighted by atomic mass is 9.52. The number of carbonyl (C=O) groups excluding carboxylic acids is 1. The van der Waals surface area contributed by atoms with Crippen molar-refractivity contribution in [1.82, 2.24) is 15.3 Å². The topological polar surface area (TPSA) is 78.3 Å². The minimum absolute atomic E-state index is 0.00141. The Hall–Kier alpha value is -1.69. The number of amides is 1. The van der Waals surface area contributed by atoms with Gasteiger partial charge < -0.3 is 15.3 Å². The van der Waals surface area contributed by atoms with Crippen molar-refractivity contribution in [1.29, 1.82) is 0 Å². The van der Waals surface area contributed by atoms with Crippen molar-refractivity contribution in [3.05, 3.63) is 17.5 Å². The summed E-state index contributed by atoms with van der Waals surface area (Å²) in [5.74, 6) is 2.70. The Morgan fingerprint density at radius 1 is 1.14 bits per heavy atom. The van der Waals surface area contributed by atoms with E-state index in [-0.39, 0.29) is 11.9 Å². The molecular weight excluding hydrogens is 352 g/mol. The number of nitrogens with one attached hydrogen (secondary N) is 1. The van der Waals surface area contributed by atoms with Gasteiger partial charge in [-0.2, -0.15) is 0 Å². The van der Waals surface area contributed by atoms with Gasteiger partial charge in [0.2, 0.25) is 5.95 Å². The van der Waals surface area contributed by atoms with Crippen LogP contribution in [0.2, 0.25) is 0 Å². The van der Waals surface area contributed by atoms with Crippen LogP contribution in [0.1, 0.15) is 79.8 Å². The molecule has 2 heterocycles. The second kappa shape index (κ2) is 6.15. The molecule has 6 aliphatic rings. The molecule has 28 heavy (non-hydrogen) atoms.